The van der Waals surface area contributed by atoms with Gasteiger partial charge in [-0.25, -0.2) is 9.78 Å². The largest absolute Gasteiger partial charge is 0.341 e. The summed E-state index contributed by atoms with van der Waals surface area (Å²) in [5, 5.41) is 8.72. The second-order valence-electron chi connectivity index (χ2n) is 6.94. The Hall–Kier alpha value is -2.71. The second-order valence-corrected chi connectivity index (χ2v) is 9.17. The number of amides is 3. The molecule has 3 aromatic rings. The van der Waals surface area contributed by atoms with Crippen molar-refractivity contribution in [1.29, 1.82) is 0 Å². The molecule has 2 N–H and O–H groups in total. The Morgan fingerprint density at radius 3 is 2.57 bits per heavy atom. The van der Waals surface area contributed by atoms with E-state index in [1.807, 2.05) is 37.3 Å². The van der Waals surface area contributed by atoms with Crippen LogP contribution in [-0.4, -0.2) is 42.0 Å². The van der Waals surface area contributed by atoms with E-state index >= 15 is 0 Å². The molecule has 0 radical (unpaired) electrons. The lowest BCUT2D eigenvalue weighted by Gasteiger charge is -2.17. The summed E-state index contributed by atoms with van der Waals surface area (Å²) in [4.78, 5) is 32.7. The maximum atomic E-state index is 12.2. The highest BCUT2D eigenvalue weighted by atomic mass is 32.1. The number of urea groups is 1. The van der Waals surface area contributed by atoms with Crippen LogP contribution in [0.2, 0.25) is 0 Å². The Morgan fingerprint density at radius 1 is 1.07 bits per heavy atom. The second kappa shape index (κ2) is 10.9. The van der Waals surface area contributed by atoms with E-state index in [-0.39, 0.29) is 18.4 Å². The topological polar surface area (TPSA) is 74.3 Å². The number of aromatic nitrogens is 1. The van der Waals surface area contributed by atoms with Crippen LogP contribution in [0.25, 0.3) is 10.6 Å². The minimum atomic E-state index is -0.250. The van der Waals surface area contributed by atoms with Gasteiger partial charge in [-0.15, -0.1) is 22.7 Å². The first-order chi connectivity index (χ1) is 14.5. The molecule has 0 saturated heterocycles. The van der Waals surface area contributed by atoms with E-state index in [1.165, 1.54) is 4.88 Å². The molecular weight excluding hydrogens is 416 g/mol. The van der Waals surface area contributed by atoms with Crippen molar-refractivity contribution in [3.63, 3.8) is 0 Å². The monoisotopic (exact) mass is 442 g/mol. The number of hydrogen-bond donors (Lipinski definition) is 2. The fraction of sp³-hybridized carbons (Fsp3) is 0.318. The summed E-state index contributed by atoms with van der Waals surface area (Å²) < 4.78 is 0. The highest BCUT2D eigenvalue weighted by Crippen LogP contribution is 2.29. The first-order valence-corrected chi connectivity index (χ1v) is 11.5. The normalized spacial score (nSPS) is 10.6. The Kier molecular flexibility index (Phi) is 7.98. The van der Waals surface area contributed by atoms with Crippen LogP contribution in [0.4, 0.5) is 4.79 Å². The highest BCUT2D eigenvalue weighted by molar-refractivity contribution is 7.16. The van der Waals surface area contributed by atoms with Crippen LogP contribution in [0.1, 0.15) is 21.9 Å². The number of thiophene rings is 1. The van der Waals surface area contributed by atoms with Gasteiger partial charge in [0, 0.05) is 43.4 Å². The zero-order valence-electron chi connectivity index (χ0n) is 17.2. The zero-order chi connectivity index (χ0) is 21.3. The van der Waals surface area contributed by atoms with Gasteiger partial charge in [-0.3, -0.25) is 4.79 Å². The number of aryl methyl sites for hydroxylation is 1. The minimum Gasteiger partial charge on any atom is -0.341 e. The first-order valence-electron chi connectivity index (χ1n) is 9.82. The molecule has 0 unspecified atom stereocenters. The third-order valence-corrected chi connectivity index (χ3v) is 6.44. The van der Waals surface area contributed by atoms with Gasteiger partial charge in [0.05, 0.1) is 15.6 Å². The van der Waals surface area contributed by atoms with E-state index in [1.54, 1.807) is 34.6 Å². The Labute approximate surface area is 185 Å². The summed E-state index contributed by atoms with van der Waals surface area (Å²) in [5.74, 6) is 0.00236. The number of rotatable bonds is 9. The molecule has 3 rings (SSSR count). The van der Waals surface area contributed by atoms with Crippen LogP contribution in [0.3, 0.4) is 0 Å². The molecule has 0 spiro atoms. The summed E-state index contributed by atoms with van der Waals surface area (Å²) in [6, 6.07) is 13.7. The number of benzene rings is 1. The van der Waals surface area contributed by atoms with Gasteiger partial charge in [-0.05, 0) is 31.0 Å². The summed E-state index contributed by atoms with van der Waals surface area (Å²) in [6.45, 7) is 3.43. The summed E-state index contributed by atoms with van der Waals surface area (Å²) in [7, 11) is 1.78. The van der Waals surface area contributed by atoms with Crippen molar-refractivity contribution in [2.45, 2.75) is 26.3 Å². The van der Waals surface area contributed by atoms with Gasteiger partial charge in [0.1, 0.15) is 0 Å². The lowest BCUT2D eigenvalue weighted by atomic mass is 10.2. The molecule has 0 fully saturated rings. The van der Waals surface area contributed by atoms with E-state index in [2.05, 4.69) is 33.1 Å². The van der Waals surface area contributed by atoms with Crippen LogP contribution in [0.15, 0.2) is 47.8 Å². The number of carbonyl (C=O) groups excluding carboxylic acids is 2. The third-order valence-electron chi connectivity index (χ3n) is 4.50. The molecule has 0 aliphatic carbocycles. The molecule has 158 valence electrons. The maximum Gasteiger partial charge on any atom is 0.314 e. The molecule has 2 aromatic heterocycles. The number of hydrogen-bond acceptors (Lipinski definition) is 5. The van der Waals surface area contributed by atoms with Crippen LogP contribution in [0, 0.1) is 6.92 Å². The van der Waals surface area contributed by atoms with Gasteiger partial charge < -0.3 is 15.5 Å². The molecule has 2 heterocycles. The van der Waals surface area contributed by atoms with E-state index in [0.717, 1.165) is 27.6 Å². The third kappa shape index (κ3) is 6.67. The van der Waals surface area contributed by atoms with E-state index in [0.29, 0.717) is 19.6 Å². The number of thiazole rings is 1. The molecule has 30 heavy (non-hydrogen) atoms. The predicted octanol–water partition coefficient (Wildman–Crippen LogP) is 4.07. The summed E-state index contributed by atoms with van der Waals surface area (Å²) >= 11 is 3.34. The molecule has 0 saturated carbocycles. The average molecular weight is 443 g/mol. The van der Waals surface area contributed by atoms with Crippen LogP contribution in [-0.2, 0) is 17.8 Å². The molecule has 0 aliphatic rings. The van der Waals surface area contributed by atoms with Crippen molar-refractivity contribution in [3.8, 4) is 10.6 Å². The summed E-state index contributed by atoms with van der Waals surface area (Å²) in [6.07, 6.45) is 1.04. The van der Waals surface area contributed by atoms with Crippen LogP contribution in [0.5, 0.6) is 0 Å². The van der Waals surface area contributed by atoms with E-state index in [9.17, 15) is 9.59 Å². The lowest BCUT2D eigenvalue weighted by Crippen LogP contribution is -2.38. The van der Waals surface area contributed by atoms with Gasteiger partial charge in [-0.2, -0.15) is 0 Å². The molecule has 6 nitrogen and oxygen atoms in total. The standard InChI is InChI=1S/C22H26N4O2S2/c1-16-25-19(15-29-16)20-9-8-18(30-20)10-12-23-22(28)24-13-11-21(27)26(2)14-17-6-4-3-5-7-17/h3-9,15H,10-14H2,1-2H3,(H2,23,24,28). The predicted molar refractivity (Wildman–Crippen MR) is 123 cm³/mol. The van der Waals surface area contributed by atoms with Crippen molar-refractivity contribution >= 4 is 34.6 Å². The Bertz CT molecular complexity index is 968. The Morgan fingerprint density at radius 2 is 1.83 bits per heavy atom. The number of nitrogens with zero attached hydrogens (tertiary/aromatic N) is 2. The molecule has 3 amide bonds. The van der Waals surface area contributed by atoms with Crippen molar-refractivity contribution in [2.75, 3.05) is 20.1 Å². The fourth-order valence-corrected chi connectivity index (χ4v) is 4.56. The summed E-state index contributed by atoms with van der Waals surface area (Å²) in [5.41, 5.74) is 2.10. The first kappa shape index (κ1) is 22.0. The minimum absolute atomic E-state index is 0.00236. The Balaban J connectivity index is 1.31. The average Bonchev–Trinajstić information content (AvgIpc) is 3.37. The van der Waals surface area contributed by atoms with Gasteiger partial charge in [0.2, 0.25) is 5.91 Å². The highest BCUT2D eigenvalue weighted by Gasteiger charge is 2.10. The molecule has 8 heteroatoms. The molecule has 0 atom stereocenters. The van der Waals surface area contributed by atoms with Crippen molar-refractivity contribution < 1.29 is 9.59 Å². The molecule has 1 aromatic carbocycles. The zero-order valence-corrected chi connectivity index (χ0v) is 18.8. The van der Waals surface area contributed by atoms with Crippen LogP contribution < -0.4 is 10.6 Å². The smallest absolute Gasteiger partial charge is 0.314 e. The van der Waals surface area contributed by atoms with Crippen molar-refractivity contribution in [1.82, 2.24) is 20.5 Å². The van der Waals surface area contributed by atoms with Gasteiger partial charge >= 0.3 is 6.03 Å². The molecule has 0 bridgehead atoms. The molecule has 0 aliphatic heterocycles. The van der Waals surface area contributed by atoms with Crippen molar-refractivity contribution in [3.05, 3.63) is 63.3 Å². The fourth-order valence-electron chi connectivity index (χ4n) is 2.91. The quantitative estimate of drug-likeness (QED) is 0.525. The molecular formula is C22H26N4O2S2. The van der Waals surface area contributed by atoms with E-state index < -0.39 is 0 Å². The van der Waals surface area contributed by atoms with Gasteiger partial charge in [0.25, 0.3) is 0 Å². The van der Waals surface area contributed by atoms with Crippen molar-refractivity contribution in [2.24, 2.45) is 0 Å². The van der Waals surface area contributed by atoms with Gasteiger partial charge in [0.15, 0.2) is 0 Å². The van der Waals surface area contributed by atoms with E-state index in [4.69, 9.17) is 0 Å². The van der Waals surface area contributed by atoms with Gasteiger partial charge in [-0.1, -0.05) is 30.3 Å². The number of carbonyl (C=O) groups is 2. The maximum absolute atomic E-state index is 12.2. The SMILES string of the molecule is Cc1nc(-c2ccc(CCNC(=O)NCCC(=O)N(C)Cc3ccccc3)s2)cs1. The lowest BCUT2D eigenvalue weighted by molar-refractivity contribution is -0.130. The number of nitrogens with one attached hydrogen (secondary N) is 2. The van der Waals surface area contributed by atoms with Crippen LogP contribution >= 0.6 is 22.7 Å².